The molecule has 0 saturated heterocycles. The lowest BCUT2D eigenvalue weighted by molar-refractivity contribution is -0.150. The Hall–Kier alpha value is -2.42. The molecular formula is C42H77N3O6. The Labute approximate surface area is 311 Å². The van der Waals surface area contributed by atoms with Crippen LogP contribution in [0.1, 0.15) is 188 Å². The summed E-state index contributed by atoms with van der Waals surface area (Å²) in [5.41, 5.74) is 0.00820. The van der Waals surface area contributed by atoms with E-state index >= 15 is 0 Å². The molecule has 0 bridgehead atoms. The maximum absolute atomic E-state index is 12.5. The van der Waals surface area contributed by atoms with Gasteiger partial charge in [0.2, 0.25) is 0 Å². The summed E-state index contributed by atoms with van der Waals surface area (Å²) >= 11 is 0. The predicted molar refractivity (Wildman–Crippen MR) is 214 cm³/mol. The monoisotopic (exact) mass is 720 g/mol. The van der Waals surface area contributed by atoms with Crippen LogP contribution < -0.4 is 21.5 Å². The van der Waals surface area contributed by atoms with E-state index in [-0.39, 0.29) is 18.0 Å². The van der Waals surface area contributed by atoms with Gasteiger partial charge in [0, 0.05) is 25.9 Å². The fraction of sp³-hybridized carbons (Fsp3) is 0.857. The number of hydrogen-bond acceptors (Lipinski definition) is 9. The third-order valence-electron chi connectivity index (χ3n) is 9.75. The Balaban J connectivity index is 2.35. The van der Waals surface area contributed by atoms with Gasteiger partial charge in [-0.2, -0.15) is 0 Å². The highest BCUT2D eigenvalue weighted by Crippen LogP contribution is 2.17. The number of rotatable bonds is 37. The zero-order valence-electron chi connectivity index (χ0n) is 33.4. The molecule has 296 valence electrons. The number of hydrogen-bond donors (Lipinski definition) is 2. The van der Waals surface area contributed by atoms with Gasteiger partial charge in [0.1, 0.15) is 17.5 Å². The first kappa shape index (κ1) is 46.6. The largest absolute Gasteiger partial charge is 0.466 e. The molecule has 0 aromatic heterocycles. The van der Waals surface area contributed by atoms with E-state index < -0.39 is 10.9 Å². The van der Waals surface area contributed by atoms with Crippen LogP contribution in [0.4, 0.5) is 11.4 Å². The fourth-order valence-electron chi connectivity index (χ4n) is 6.55. The number of carbonyl (C=O) groups excluding carboxylic acids is 2. The topological polar surface area (TPSA) is 114 Å². The van der Waals surface area contributed by atoms with Crippen LogP contribution in [0, 0.1) is 0 Å². The van der Waals surface area contributed by atoms with E-state index in [0.29, 0.717) is 43.9 Å². The first-order chi connectivity index (χ1) is 24.9. The van der Waals surface area contributed by atoms with Crippen molar-refractivity contribution >= 4 is 23.3 Å². The molecule has 0 heterocycles. The quantitative estimate of drug-likeness (QED) is 0.0394. The third kappa shape index (κ3) is 23.7. The van der Waals surface area contributed by atoms with Crippen LogP contribution in [0.25, 0.3) is 0 Å². The minimum atomic E-state index is -0.425. The summed E-state index contributed by atoms with van der Waals surface area (Å²) < 4.78 is 11.2. The molecule has 0 fully saturated rings. The van der Waals surface area contributed by atoms with Crippen molar-refractivity contribution in [1.29, 1.82) is 0 Å². The molecule has 0 aliphatic rings. The average molecular weight is 720 g/mol. The van der Waals surface area contributed by atoms with E-state index in [9.17, 15) is 19.2 Å². The van der Waals surface area contributed by atoms with Crippen LogP contribution in [-0.2, 0) is 19.1 Å². The van der Waals surface area contributed by atoms with Crippen molar-refractivity contribution < 1.29 is 19.1 Å². The molecule has 0 aliphatic heterocycles. The van der Waals surface area contributed by atoms with Crippen molar-refractivity contribution in [3.63, 3.8) is 0 Å². The highest BCUT2D eigenvalue weighted by atomic mass is 16.5. The number of ether oxygens (including phenoxy) is 2. The molecule has 2 N–H and O–H groups in total. The minimum absolute atomic E-state index is 0.0261. The van der Waals surface area contributed by atoms with E-state index in [4.69, 9.17) is 9.47 Å². The number of nitrogens with zero attached hydrogens (tertiary/aromatic N) is 1. The Morgan fingerprint density at radius 2 is 1.04 bits per heavy atom. The summed E-state index contributed by atoms with van der Waals surface area (Å²) in [7, 11) is 0. The highest BCUT2D eigenvalue weighted by Gasteiger charge is 2.19. The lowest BCUT2D eigenvalue weighted by Gasteiger charge is -2.23. The van der Waals surface area contributed by atoms with Crippen LogP contribution >= 0.6 is 0 Å². The second-order valence-electron chi connectivity index (χ2n) is 14.5. The van der Waals surface area contributed by atoms with Crippen molar-refractivity contribution in [3.05, 3.63) is 20.4 Å². The van der Waals surface area contributed by atoms with Crippen LogP contribution in [-0.4, -0.2) is 62.3 Å². The SMILES string of the molecule is CCCCCCCOC(=O)CCCCCCCN(CCCCCCCC(=O)OC(CCCC)CCCCC)CCCNc1c(NCC)c(=O)c1=O. The first-order valence-corrected chi connectivity index (χ1v) is 21.3. The second kappa shape index (κ2) is 32.2. The molecule has 0 saturated carbocycles. The van der Waals surface area contributed by atoms with Crippen LogP contribution in [0.3, 0.4) is 0 Å². The van der Waals surface area contributed by atoms with E-state index in [0.717, 1.165) is 135 Å². The van der Waals surface area contributed by atoms with E-state index in [2.05, 4.69) is 36.3 Å². The first-order valence-electron chi connectivity index (χ1n) is 21.3. The van der Waals surface area contributed by atoms with E-state index in [1.165, 1.54) is 32.1 Å². The summed E-state index contributed by atoms with van der Waals surface area (Å²) in [6.45, 7) is 13.3. The Bertz CT molecular complexity index is 1070. The second-order valence-corrected chi connectivity index (χ2v) is 14.5. The Morgan fingerprint density at radius 1 is 0.549 bits per heavy atom. The van der Waals surface area contributed by atoms with Crippen molar-refractivity contribution in [2.24, 2.45) is 0 Å². The van der Waals surface area contributed by atoms with Crippen molar-refractivity contribution in [3.8, 4) is 0 Å². The summed E-state index contributed by atoms with van der Waals surface area (Å²) in [5.74, 6) is -0.0813. The molecule has 51 heavy (non-hydrogen) atoms. The lowest BCUT2D eigenvalue weighted by Crippen LogP contribution is -2.38. The molecular weight excluding hydrogens is 642 g/mol. The average Bonchev–Trinajstić information content (AvgIpc) is 3.13. The number of nitrogens with one attached hydrogen (secondary N) is 2. The van der Waals surface area contributed by atoms with Gasteiger partial charge in [0.05, 0.1) is 6.61 Å². The van der Waals surface area contributed by atoms with Gasteiger partial charge in [0.25, 0.3) is 10.9 Å². The maximum Gasteiger partial charge on any atom is 0.306 e. The maximum atomic E-state index is 12.5. The molecule has 1 unspecified atom stereocenters. The number of anilines is 2. The minimum Gasteiger partial charge on any atom is -0.466 e. The van der Waals surface area contributed by atoms with E-state index in [1.807, 2.05) is 6.92 Å². The zero-order valence-corrected chi connectivity index (χ0v) is 33.4. The normalized spacial score (nSPS) is 12.0. The number of unbranched alkanes of at least 4 members (excludes halogenated alkanes) is 15. The van der Waals surface area contributed by atoms with Gasteiger partial charge in [-0.1, -0.05) is 111 Å². The van der Waals surface area contributed by atoms with Gasteiger partial charge in [-0.3, -0.25) is 19.2 Å². The summed E-state index contributed by atoms with van der Waals surface area (Å²) in [6, 6.07) is 0. The molecule has 0 aliphatic carbocycles. The van der Waals surface area contributed by atoms with Crippen LogP contribution in [0.5, 0.6) is 0 Å². The molecule has 1 aromatic carbocycles. The molecule has 9 nitrogen and oxygen atoms in total. The van der Waals surface area contributed by atoms with Crippen molar-refractivity contribution in [2.75, 3.05) is 50.0 Å². The van der Waals surface area contributed by atoms with Gasteiger partial charge in [-0.05, 0) is 84.3 Å². The number of carbonyl (C=O) groups is 2. The van der Waals surface area contributed by atoms with Crippen LogP contribution in [0.2, 0.25) is 0 Å². The molecule has 0 amide bonds. The van der Waals surface area contributed by atoms with Gasteiger partial charge < -0.3 is 25.0 Å². The fourth-order valence-corrected chi connectivity index (χ4v) is 6.55. The third-order valence-corrected chi connectivity index (χ3v) is 9.75. The smallest absolute Gasteiger partial charge is 0.306 e. The molecule has 1 rings (SSSR count). The van der Waals surface area contributed by atoms with Gasteiger partial charge >= 0.3 is 11.9 Å². The molecule has 0 spiro atoms. The molecule has 0 radical (unpaired) electrons. The Morgan fingerprint density at radius 3 is 1.67 bits per heavy atom. The van der Waals surface area contributed by atoms with Crippen molar-refractivity contribution in [1.82, 2.24) is 4.90 Å². The Kier molecular flexibility index (Phi) is 29.5. The highest BCUT2D eigenvalue weighted by molar-refractivity contribution is 5.73. The lowest BCUT2D eigenvalue weighted by atomic mass is 10.1. The van der Waals surface area contributed by atoms with Gasteiger partial charge in [0.15, 0.2) is 0 Å². The van der Waals surface area contributed by atoms with Crippen molar-refractivity contribution in [2.45, 2.75) is 194 Å². The van der Waals surface area contributed by atoms with Crippen LogP contribution in [0.15, 0.2) is 9.59 Å². The molecule has 9 heteroatoms. The zero-order chi connectivity index (χ0) is 37.4. The predicted octanol–water partition coefficient (Wildman–Crippen LogP) is 9.70. The van der Waals surface area contributed by atoms with E-state index in [1.54, 1.807) is 0 Å². The summed E-state index contributed by atoms with van der Waals surface area (Å²) in [6.07, 6.45) is 26.3. The summed E-state index contributed by atoms with van der Waals surface area (Å²) in [5, 5.41) is 6.19. The molecule has 1 atom stereocenters. The summed E-state index contributed by atoms with van der Waals surface area (Å²) in [4.78, 5) is 50.9. The molecule has 1 aromatic rings. The van der Waals surface area contributed by atoms with Gasteiger partial charge in [-0.25, -0.2) is 0 Å². The van der Waals surface area contributed by atoms with Gasteiger partial charge in [-0.15, -0.1) is 0 Å². The number of esters is 2. The standard InChI is InChI=1S/C42H77N3O6/c1-5-9-12-19-25-35-50-37(46)29-21-15-13-17-23-32-45(34-26-31-44-40-39(43-8-4)41(48)42(40)49)33-24-18-14-16-22-30-38(47)51-36(27-11-7-3)28-20-10-6-2/h36,43-44H,5-35H2,1-4H3.